The molecule has 2 heterocycles. The smallest absolute Gasteiger partial charge is 0.208 e. The van der Waals surface area contributed by atoms with Crippen molar-refractivity contribution >= 4 is 34.3 Å². The summed E-state index contributed by atoms with van der Waals surface area (Å²) in [6, 6.07) is 18.4. The van der Waals surface area contributed by atoms with Crippen LogP contribution in [0.15, 0.2) is 60.8 Å². The zero-order chi connectivity index (χ0) is 18.8. The number of anilines is 2. The Labute approximate surface area is 160 Å². The molecule has 0 aliphatic rings. The van der Waals surface area contributed by atoms with E-state index in [1.165, 1.54) is 0 Å². The molecule has 132 valence electrons. The Morgan fingerprint density at radius 2 is 1.85 bits per heavy atom. The van der Waals surface area contributed by atoms with E-state index in [4.69, 9.17) is 21.6 Å². The highest BCUT2D eigenvalue weighted by atomic mass is 35.5. The molecule has 4 aromatic rings. The summed E-state index contributed by atoms with van der Waals surface area (Å²) in [5.74, 6) is 1.89. The molecule has 6 nitrogen and oxygen atoms in total. The van der Waals surface area contributed by atoms with Gasteiger partial charge >= 0.3 is 0 Å². The van der Waals surface area contributed by atoms with Crippen LogP contribution in [0, 0.1) is 11.3 Å². The summed E-state index contributed by atoms with van der Waals surface area (Å²) < 4.78 is 7.80. The number of ether oxygens (including phenoxy) is 1. The molecule has 0 spiro atoms. The van der Waals surface area contributed by atoms with Crippen molar-refractivity contribution in [2.45, 2.75) is 0 Å². The third kappa shape index (κ3) is 3.54. The molecular weight excluding hydrogens is 362 g/mol. The Balaban J connectivity index is 1.62. The van der Waals surface area contributed by atoms with E-state index in [1.807, 2.05) is 60.1 Å². The van der Waals surface area contributed by atoms with Gasteiger partial charge in [0.25, 0.3) is 0 Å². The number of pyridine rings is 1. The number of benzene rings is 2. The van der Waals surface area contributed by atoms with Crippen molar-refractivity contribution in [1.29, 1.82) is 5.26 Å². The van der Waals surface area contributed by atoms with Crippen molar-refractivity contribution in [2.24, 2.45) is 7.05 Å². The highest BCUT2D eigenvalue weighted by molar-refractivity contribution is 6.30. The second kappa shape index (κ2) is 6.98. The van der Waals surface area contributed by atoms with Gasteiger partial charge in [0.05, 0.1) is 11.0 Å². The van der Waals surface area contributed by atoms with Gasteiger partial charge < -0.3 is 14.6 Å². The average Bonchev–Trinajstić information content (AvgIpc) is 2.99. The van der Waals surface area contributed by atoms with Gasteiger partial charge in [-0.05, 0) is 42.5 Å². The van der Waals surface area contributed by atoms with Gasteiger partial charge in [-0.25, -0.2) is 9.97 Å². The molecule has 0 bridgehead atoms. The summed E-state index contributed by atoms with van der Waals surface area (Å²) in [6.07, 6.45) is 1.54. The molecule has 0 aliphatic heterocycles. The summed E-state index contributed by atoms with van der Waals surface area (Å²) in [4.78, 5) is 8.58. The Bertz CT molecular complexity index is 1160. The summed E-state index contributed by atoms with van der Waals surface area (Å²) in [5.41, 5.74) is 2.96. The molecule has 7 heteroatoms. The first kappa shape index (κ1) is 16.9. The lowest BCUT2D eigenvalue weighted by Gasteiger charge is -2.06. The first-order valence-corrected chi connectivity index (χ1v) is 8.53. The van der Waals surface area contributed by atoms with Crippen LogP contribution in [-0.4, -0.2) is 14.5 Å². The van der Waals surface area contributed by atoms with E-state index in [9.17, 15) is 0 Å². The number of imidazole rings is 1. The van der Waals surface area contributed by atoms with Crippen molar-refractivity contribution in [1.82, 2.24) is 14.5 Å². The third-order valence-electron chi connectivity index (χ3n) is 4.03. The highest BCUT2D eigenvalue weighted by Gasteiger charge is 2.10. The predicted octanol–water partition coefficient (Wildman–Crippen LogP) is 5.03. The lowest BCUT2D eigenvalue weighted by atomic mass is 10.3. The van der Waals surface area contributed by atoms with E-state index in [1.54, 1.807) is 18.3 Å². The Morgan fingerprint density at radius 1 is 1.07 bits per heavy atom. The van der Waals surface area contributed by atoms with Gasteiger partial charge in [-0.15, -0.1) is 0 Å². The quantitative estimate of drug-likeness (QED) is 0.541. The summed E-state index contributed by atoms with van der Waals surface area (Å²) in [5, 5.41) is 12.9. The fourth-order valence-electron chi connectivity index (χ4n) is 2.69. The maximum absolute atomic E-state index is 8.94. The molecule has 0 saturated carbocycles. The Hall–Kier alpha value is -3.56. The monoisotopic (exact) mass is 375 g/mol. The number of hydrogen-bond donors (Lipinski definition) is 1. The molecule has 0 saturated heterocycles. The molecule has 0 radical (unpaired) electrons. The standard InChI is InChI=1S/C20H14ClN5O/c1-26-19-7-6-16(27-17-8-9-23-15(10-17)12-22)11-18(19)25-20(26)24-14-4-2-13(21)3-5-14/h2-11H,1H3,(H,24,25). The number of rotatable bonds is 4. The molecule has 0 atom stereocenters. The zero-order valence-corrected chi connectivity index (χ0v) is 15.1. The minimum atomic E-state index is 0.306. The third-order valence-corrected chi connectivity index (χ3v) is 4.29. The number of aromatic nitrogens is 3. The van der Waals surface area contributed by atoms with Crippen LogP contribution in [0.3, 0.4) is 0 Å². The second-order valence-corrected chi connectivity index (χ2v) is 6.30. The van der Waals surface area contributed by atoms with Gasteiger partial charge in [0.2, 0.25) is 5.95 Å². The molecule has 27 heavy (non-hydrogen) atoms. The lowest BCUT2D eigenvalue weighted by molar-refractivity contribution is 0.482. The number of hydrogen-bond acceptors (Lipinski definition) is 5. The number of nitrogens with zero attached hydrogens (tertiary/aromatic N) is 4. The van der Waals surface area contributed by atoms with Crippen molar-refractivity contribution in [3.05, 3.63) is 71.5 Å². The normalized spacial score (nSPS) is 10.6. The maximum Gasteiger partial charge on any atom is 0.208 e. The maximum atomic E-state index is 8.94. The Kier molecular flexibility index (Phi) is 4.37. The van der Waals surface area contributed by atoms with Gasteiger partial charge in [0.1, 0.15) is 23.3 Å². The molecule has 0 amide bonds. The van der Waals surface area contributed by atoms with Crippen LogP contribution >= 0.6 is 11.6 Å². The molecule has 4 rings (SSSR count). The van der Waals surface area contributed by atoms with Crippen LogP contribution in [-0.2, 0) is 7.05 Å². The average molecular weight is 376 g/mol. The van der Waals surface area contributed by atoms with Gasteiger partial charge in [-0.3, -0.25) is 0 Å². The van der Waals surface area contributed by atoms with Gasteiger partial charge in [0, 0.05) is 36.1 Å². The van der Waals surface area contributed by atoms with E-state index >= 15 is 0 Å². The molecule has 2 aromatic heterocycles. The van der Waals surface area contributed by atoms with Crippen LogP contribution in [0.5, 0.6) is 11.5 Å². The van der Waals surface area contributed by atoms with Crippen LogP contribution in [0.2, 0.25) is 5.02 Å². The molecule has 1 N–H and O–H groups in total. The van der Waals surface area contributed by atoms with E-state index in [0.29, 0.717) is 28.2 Å². The molecule has 0 aliphatic carbocycles. The SMILES string of the molecule is Cn1c(Nc2ccc(Cl)cc2)nc2cc(Oc3ccnc(C#N)c3)ccc21. The van der Waals surface area contributed by atoms with E-state index < -0.39 is 0 Å². The van der Waals surface area contributed by atoms with E-state index in [0.717, 1.165) is 16.7 Å². The summed E-state index contributed by atoms with van der Waals surface area (Å²) in [6.45, 7) is 0. The van der Waals surface area contributed by atoms with E-state index in [-0.39, 0.29) is 0 Å². The molecule has 0 unspecified atom stereocenters. The summed E-state index contributed by atoms with van der Waals surface area (Å²) in [7, 11) is 1.94. The van der Waals surface area contributed by atoms with Crippen molar-refractivity contribution in [3.8, 4) is 17.6 Å². The molecule has 2 aromatic carbocycles. The topological polar surface area (TPSA) is 75.8 Å². The van der Waals surface area contributed by atoms with Crippen LogP contribution in [0.25, 0.3) is 11.0 Å². The number of aryl methyl sites for hydroxylation is 1. The lowest BCUT2D eigenvalue weighted by Crippen LogP contribution is -1.98. The fourth-order valence-corrected chi connectivity index (χ4v) is 2.82. The number of nitrogens with one attached hydrogen (secondary N) is 1. The van der Waals surface area contributed by atoms with Crippen molar-refractivity contribution in [3.63, 3.8) is 0 Å². The highest BCUT2D eigenvalue weighted by Crippen LogP contribution is 2.28. The zero-order valence-electron chi connectivity index (χ0n) is 14.3. The van der Waals surface area contributed by atoms with Gasteiger partial charge in [-0.2, -0.15) is 5.26 Å². The first-order valence-electron chi connectivity index (χ1n) is 8.15. The van der Waals surface area contributed by atoms with Crippen LogP contribution < -0.4 is 10.1 Å². The number of fused-ring (bicyclic) bond motifs is 1. The second-order valence-electron chi connectivity index (χ2n) is 5.87. The van der Waals surface area contributed by atoms with Crippen LogP contribution in [0.1, 0.15) is 5.69 Å². The van der Waals surface area contributed by atoms with Gasteiger partial charge in [0.15, 0.2) is 0 Å². The molecule has 0 fully saturated rings. The Morgan fingerprint density at radius 3 is 2.63 bits per heavy atom. The number of nitriles is 1. The minimum absolute atomic E-state index is 0.306. The molecular formula is C20H14ClN5O. The van der Waals surface area contributed by atoms with Crippen molar-refractivity contribution in [2.75, 3.05) is 5.32 Å². The fraction of sp³-hybridized carbons (Fsp3) is 0.0500. The van der Waals surface area contributed by atoms with Crippen LogP contribution in [0.4, 0.5) is 11.6 Å². The minimum Gasteiger partial charge on any atom is -0.457 e. The summed E-state index contributed by atoms with van der Waals surface area (Å²) >= 11 is 5.93. The van der Waals surface area contributed by atoms with E-state index in [2.05, 4.69) is 15.3 Å². The first-order chi connectivity index (χ1) is 13.1. The van der Waals surface area contributed by atoms with Gasteiger partial charge in [-0.1, -0.05) is 11.6 Å². The largest absolute Gasteiger partial charge is 0.457 e. The predicted molar refractivity (Wildman–Crippen MR) is 104 cm³/mol. The van der Waals surface area contributed by atoms with Crippen molar-refractivity contribution < 1.29 is 4.74 Å². The number of halogens is 1.